The summed E-state index contributed by atoms with van der Waals surface area (Å²) in [6.07, 6.45) is 2.25. The Morgan fingerprint density at radius 2 is 2.15 bits per heavy atom. The quantitative estimate of drug-likeness (QED) is 0.809. The van der Waals surface area contributed by atoms with Gasteiger partial charge in [0.15, 0.2) is 0 Å². The van der Waals surface area contributed by atoms with Crippen molar-refractivity contribution in [1.29, 1.82) is 0 Å². The lowest BCUT2D eigenvalue weighted by Gasteiger charge is -2.31. The van der Waals surface area contributed by atoms with Crippen LogP contribution in [0.2, 0.25) is 0 Å². The summed E-state index contributed by atoms with van der Waals surface area (Å²) >= 11 is 0. The molecule has 0 spiro atoms. The third kappa shape index (κ3) is 3.98. The van der Waals surface area contributed by atoms with Gasteiger partial charge in [-0.15, -0.1) is 5.10 Å². The van der Waals surface area contributed by atoms with Crippen molar-refractivity contribution in [2.75, 3.05) is 19.6 Å². The molecule has 1 aliphatic rings. The van der Waals surface area contributed by atoms with Gasteiger partial charge in [0.05, 0.1) is 16.3 Å². The minimum absolute atomic E-state index is 0.0629. The maximum atomic E-state index is 13.1. The van der Waals surface area contributed by atoms with Gasteiger partial charge in [-0.3, -0.25) is 4.79 Å². The fourth-order valence-electron chi connectivity index (χ4n) is 3.38. The Morgan fingerprint density at radius 1 is 1.37 bits per heavy atom. The number of piperidine rings is 1. The summed E-state index contributed by atoms with van der Waals surface area (Å²) in [5.41, 5.74) is 1.36. The van der Waals surface area contributed by atoms with E-state index in [4.69, 9.17) is 0 Å². The Balaban J connectivity index is 1.83. The average molecular weight is 394 g/mol. The van der Waals surface area contributed by atoms with E-state index in [1.165, 1.54) is 4.31 Å². The van der Waals surface area contributed by atoms with Gasteiger partial charge in [0, 0.05) is 25.7 Å². The summed E-state index contributed by atoms with van der Waals surface area (Å²) in [5.74, 6) is -0.363. The molecule has 1 aromatic carbocycles. The smallest absolute Gasteiger partial charge is 0.243 e. The number of aromatic nitrogens is 3. The van der Waals surface area contributed by atoms with E-state index >= 15 is 0 Å². The van der Waals surface area contributed by atoms with Crippen LogP contribution in [0.4, 0.5) is 0 Å². The number of rotatable bonds is 6. The second kappa shape index (κ2) is 7.93. The number of nitrogens with one attached hydrogen (secondary N) is 1. The van der Waals surface area contributed by atoms with Gasteiger partial charge in [0.25, 0.3) is 0 Å². The van der Waals surface area contributed by atoms with Crippen LogP contribution in [0, 0.1) is 5.92 Å². The molecule has 1 amide bonds. The maximum Gasteiger partial charge on any atom is 0.243 e. The van der Waals surface area contributed by atoms with Crippen LogP contribution in [0.3, 0.4) is 0 Å². The first-order chi connectivity index (χ1) is 12.8. The fourth-order valence-corrected chi connectivity index (χ4v) is 4.92. The Morgan fingerprint density at radius 3 is 2.85 bits per heavy atom. The van der Waals surface area contributed by atoms with E-state index < -0.39 is 10.0 Å². The molecule has 0 saturated carbocycles. The predicted octanol–water partition coefficient (Wildman–Crippen LogP) is 1.94. The summed E-state index contributed by atoms with van der Waals surface area (Å²) in [7, 11) is -3.68. The van der Waals surface area contributed by atoms with Crippen molar-refractivity contribution in [2.45, 2.75) is 51.0 Å². The molecule has 27 heavy (non-hydrogen) atoms. The highest BCUT2D eigenvalue weighted by Gasteiger charge is 2.33. The first-order valence-electron chi connectivity index (χ1n) is 9.47. The van der Waals surface area contributed by atoms with Crippen molar-refractivity contribution >= 4 is 27.0 Å². The van der Waals surface area contributed by atoms with Crippen molar-refractivity contribution in [3.63, 3.8) is 0 Å². The highest BCUT2D eigenvalue weighted by molar-refractivity contribution is 7.89. The number of nitrogens with zero attached hydrogens (tertiary/aromatic N) is 4. The summed E-state index contributed by atoms with van der Waals surface area (Å²) in [6.45, 7) is 7.24. The zero-order valence-electron chi connectivity index (χ0n) is 16.1. The molecule has 1 atom stereocenters. The Kier molecular flexibility index (Phi) is 5.81. The van der Waals surface area contributed by atoms with Crippen molar-refractivity contribution in [3.05, 3.63) is 18.2 Å². The molecule has 148 valence electrons. The van der Waals surface area contributed by atoms with Crippen LogP contribution in [0.5, 0.6) is 0 Å². The molecule has 3 rings (SSSR count). The molecule has 1 unspecified atom stereocenters. The predicted molar refractivity (Wildman–Crippen MR) is 103 cm³/mol. The molecule has 1 saturated heterocycles. The van der Waals surface area contributed by atoms with Crippen LogP contribution in [-0.2, 0) is 14.8 Å². The van der Waals surface area contributed by atoms with E-state index in [9.17, 15) is 13.2 Å². The summed E-state index contributed by atoms with van der Waals surface area (Å²) in [4.78, 5) is 12.4. The first kappa shape index (κ1) is 19.8. The molecule has 1 N–H and O–H groups in total. The van der Waals surface area contributed by atoms with Crippen molar-refractivity contribution in [1.82, 2.24) is 24.6 Å². The lowest BCUT2D eigenvalue weighted by atomic mass is 9.99. The maximum absolute atomic E-state index is 13.1. The largest absolute Gasteiger partial charge is 0.356 e. The van der Waals surface area contributed by atoms with Crippen molar-refractivity contribution < 1.29 is 13.2 Å². The number of fused-ring (bicyclic) bond motifs is 1. The van der Waals surface area contributed by atoms with Gasteiger partial charge in [-0.2, -0.15) is 4.31 Å². The van der Waals surface area contributed by atoms with E-state index in [0.717, 1.165) is 11.9 Å². The van der Waals surface area contributed by atoms with Gasteiger partial charge in [-0.25, -0.2) is 13.1 Å². The molecule has 8 nitrogen and oxygen atoms in total. The molecule has 1 aromatic heterocycles. The number of hydrogen-bond donors (Lipinski definition) is 1. The molecule has 9 heteroatoms. The molecule has 2 aromatic rings. The fraction of sp³-hybridized carbons (Fsp3) is 0.611. The molecular weight excluding hydrogens is 366 g/mol. The molecule has 0 radical (unpaired) electrons. The number of hydrogen-bond acceptors (Lipinski definition) is 5. The average Bonchev–Trinajstić information content (AvgIpc) is 3.09. The minimum atomic E-state index is -3.68. The Labute approximate surface area is 160 Å². The molecule has 0 aliphatic carbocycles. The normalized spacial score (nSPS) is 18.9. The SMILES string of the molecule is CCCNC(=O)C1CCCN(S(=O)(=O)c2ccc3c(c2)nnn3C(C)C)C1. The van der Waals surface area contributed by atoms with Crippen LogP contribution in [0.1, 0.15) is 46.1 Å². The van der Waals surface area contributed by atoms with Crippen LogP contribution in [0.25, 0.3) is 11.0 Å². The van der Waals surface area contributed by atoms with E-state index in [-0.39, 0.29) is 29.3 Å². The van der Waals surface area contributed by atoms with Gasteiger partial charge in [-0.05, 0) is 51.3 Å². The van der Waals surface area contributed by atoms with E-state index in [2.05, 4.69) is 15.6 Å². The van der Waals surface area contributed by atoms with Gasteiger partial charge >= 0.3 is 0 Å². The number of carbonyl (C=O) groups is 1. The minimum Gasteiger partial charge on any atom is -0.356 e. The van der Waals surface area contributed by atoms with Crippen molar-refractivity contribution in [2.24, 2.45) is 5.92 Å². The van der Waals surface area contributed by atoms with E-state index in [1.54, 1.807) is 22.9 Å². The van der Waals surface area contributed by atoms with E-state index in [1.807, 2.05) is 20.8 Å². The second-order valence-corrected chi connectivity index (χ2v) is 9.21. The number of carbonyl (C=O) groups excluding carboxylic acids is 1. The molecule has 2 heterocycles. The summed E-state index contributed by atoms with van der Waals surface area (Å²) in [5, 5.41) is 11.1. The van der Waals surface area contributed by atoms with Gasteiger partial charge in [0.2, 0.25) is 15.9 Å². The second-order valence-electron chi connectivity index (χ2n) is 7.27. The monoisotopic (exact) mass is 393 g/mol. The van der Waals surface area contributed by atoms with Gasteiger partial charge in [-0.1, -0.05) is 12.1 Å². The lowest BCUT2D eigenvalue weighted by Crippen LogP contribution is -2.45. The molecule has 1 fully saturated rings. The molecular formula is C18H27N5O3S. The zero-order valence-corrected chi connectivity index (χ0v) is 16.9. The standard InChI is InChI=1S/C18H27N5O3S/c1-4-9-19-18(24)14-6-5-10-22(12-14)27(25,26)15-7-8-17-16(11-15)20-21-23(17)13(2)3/h7-8,11,13-14H,4-6,9-10,12H2,1-3H3,(H,19,24). The Hall–Kier alpha value is -2.00. The van der Waals surface area contributed by atoms with E-state index in [0.29, 0.717) is 31.4 Å². The highest BCUT2D eigenvalue weighted by atomic mass is 32.2. The number of sulfonamides is 1. The van der Waals surface area contributed by atoms with Gasteiger partial charge < -0.3 is 5.32 Å². The van der Waals surface area contributed by atoms with Crippen LogP contribution >= 0.6 is 0 Å². The number of amides is 1. The highest BCUT2D eigenvalue weighted by Crippen LogP contribution is 2.26. The van der Waals surface area contributed by atoms with Crippen LogP contribution < -0.4 is 5.32 Å². The third-order valence-corrected chi connectivity index (χ3v) is 6.73. The van der Waals surface area contributed by atoms with Crippen molar-refractivity contribution in [3.8, 4) is 0 Å². The van der Waals surface area contributed by atoms with Crippen LogP contribution in [0.15, 0.2) is 23.1 Å². The zero-order chi connectivity index (χ0) is 19.6. The van der Waals surface area contributed by atoms with Crippen LogP contribution in [-0.4, -0.2) is 53.3 Å². The molecule has 0 bridgehead atoms. The Bertz CT molecular complexity index is 922. The lowest BCUT2D eigenvalue weighted by molar-refractivity contribution is -0.126. The summed E-state index contributed by atoms with van der Waals surface area (Å²) < 4.78 is 29.4. The molecule has 1 aliphatic heterocycles. The first-order valence-corrected chi connectivity index (χ1v) is 10.9. The number of benzene rings is 1. The summed E-state index contributed by atoms with van der Waals surface area (Å²) in [6, 6.07) is 5.05. The third-order valence-electron chi connectivity index (χ3n) is 4.87. The van der Waals surface area contributed by atoms with Gasteiger partial charge in [0.1, 0.15) is 5.52 Å². The topological polar surface area (TPSA) is 97.2 Å².